The molecule has 3 rings (SSSR count). The van der Waals surface area contributed by atoms with Gasteiger partial charge < -0.3 is 10.1 Å². The highest BCUT2D eigenvalue weighted by Crippen LogP contribution is 2.27. The van der Waals surface area contributed by atoms with Crippen molar-refractivity contribution in [2.24, 2.45) is 0 Å². The molecule has 1 amide bonds. The number of rotatable bonds is 7. The van der Waals surface area contributed by atoms with Gasteiger partial charge in [-0.15, -0.1) is 0 Å². The minimum absolute atomic E-state index is 0.0241. The molecule has 0 saturated carbocycles. The van der Waals surface area contributed by atoms with Crippen molar-refractivity contribution in [1.29, 1.82) is 0 Å². The minimum atomic E-state index is -0.479. The van der Waals surface area contributed by atoms with Crippen molar-refractivity contribution in [2.75, 3.05) is 0 Å². The quantitative estimate of drug-likeness (QED) is 0.679. The predicted octanol–water partition coefficient (Wildman–Crippen LogP) is 5.61. The molecular weight excluding hydrogens is 346 g/mol. The summed E-state index contributed by atoms with van der Waals surface area (Å²) in [6.07, 6.45) is 5.91. The molecule has 2 aromatic carbocycles. The lowest BCUT2D eigenvalue weighted by atomic mass is 9.88. The van der Waals surface area contributed by atoms with Gasteiger partial charge in [0.05, 0.1) is 6.04 Å². The molecule has 28 heavy (non-hydrogen) atoms. The Balaban J connectivity index is 1.72. The maximum absolute atomic E-state index is 13.0. The highest BCUT2D eigenvalue weighted by molar-refractivity contribution is 5.81. The average molecular weight is 380 g/mol. The summed E-state index contributed by atoms with van der Waals surface area (Å²) in [7, 11) is 0. The van der Waals surface area contributed by atoms with Crippen LogP contribution in [-0.4, -0.2) is 12.0 Å². The molecular formula is C25H33NO2. The predicted molar refractivity (Wildman–Crippen MR) is 115 cm³/mol. The number of hydrogen-bond acceptors (Lipinski definition) is 2. The SMILES string of the molecule is CCC(Oc1cc(C)ccc1C)C(=O)NC(CC)c1ccc2c(c1)CCCC2. The molecule has 1 aliphatic rings. The summed E-state index contributed by atoms with van der Waals surface area (Å²) in [6, 6.07) is 12.9. The number of carbonyl (C=O) groups is 1. The Morgan fingerprint density at radius 2 is 1.75 bits per heavy atom. The summed E-state index contributed by atoms with van der Waals surface area (Å²) in [5.41, 5.74) is 6.32. The van der Waals surface area contributed by atoms with Crippen molar-refractivity contribution in [3.05, 3.63) is 64.2 Å². The van der Waals surface area contributed by atoms with Crippen LogP contribution in [-0.2, 0) is 17.6 Å². The molecule has 1 aliphatic carbocycles. The van der Waals surface area contributed by atoms with Gasteiger partial charge in [-0.3, -0.25) is 4.79 Å². The van der Waals surface area contributed by atoms with Crippen molar-refractivity contribution in [3.63, 3.8) is 0 Å². The van der Waals surface area contributed by atoms with E-state index in [4.69, 9.17) is 4.74 Å². The van der Waals surface area contributed by atoms with Gasteiger partial charge in [-0.05, 0) is 86.3 Å². The van der Waals surface area contributed by atoms with E-state index in [1.807, 2.05) is 32.9 Å². The van der Waals surface area contributed by atoms with Gasteiger partial charge in [-0.25, -0.2) is 0 Å². The fraction of sp³-hybridized carbons (Fsp3) is 0.480. The van der Waals surface area contributed by atoms with Crippen molar-refractivity contribution >= 4 is 5.91 Å². The van der Waals surface area contributed by atoms with Crippen molar-refractivity contribution < 1.29 is 9.53 Å². The molecule has 2 atom stereocenters. The van der Waals surface area contributed by atoms with Gasteiger partial charge in [-0.1, -0.05) is 44.2 Å². The van der Waals surface area contributed by atoms with E-state index >= 15 is 0 Å². The number of benzene rings is 2. The molecule has 0 heterocycles. The molecule has 2 aromatic rings. The molecule has 3 nitrogen and oxygen atoms in total. The third-order valence-corrected chi connectivity index (χ3v) is 5.78. The van der Waals surface area contributed by atoms with E-state index in [0.29, 0.717) is 6.42 Å². The Morgan fingerprint density at radius 1 is 1.00 bits per heavy atom. The Labute approximate surface area is 169 Å². The summed E-state index contributed by atoms with van der Waals surface area (Å²) in [5.74, 6) is 0.761. The van der Waals surface area contributed by atoms with Crippen LogP contribution in [0.3, 0.4) is 0 Å². The molecule has 0 bridgehead atoms. The summed E-state index contributed by atoms with van der Waals surface area (Å²) < 4.78 is 6.10. The van der Waals surface area contributed by atoms with Crippen LogP contribution in [0.25, 0.3) is 0 Å². The summed E-state index contributed by atoms with van der Waals surface area (Å²) in [6.45, 7) is 8.17. The Morgan fingerprint density at radius 3 is 2.46 bits per heavy atom. The monoisotopic (exact) mass is 379 g/mol. The molecule has 1 N–H and O–H groups in total. The van der Waals surface area contributed by atoms with Gasteiger partial charge in [0.25, 0.3) is 5.91 Å². The van der Waals surface area contributed by atoms with Crippen LogP contribution < -0.4 is 10.1 Å². The van der Waals surface area contributed by atoms with E-state index in [-0.39, 0.29) is 11.9 Å². The lowest BCUT2D eigenvalue weighted by Gasteiger charge is -2.24. The van der Waals surface area contributed by atoms with Crippen molar-refractivity contribution in [2.45, 2.75) is 78.4 Å². The fourth-order valence-electron chi connectivity index (χ4n) is 3.97. The van der Waals surface area contributed by atoms with E-state index < -0.39 is 6.10 Å². The first-order valence-corrected chi connectivity index (χ1v) is 10.7. The number of hydrogen-bond donors (Lipinski definition) is 1. The fourth-order valence-corrected chi connectivity index (χ4v) is 3.97. The molecule has 0 radical (unpaired) electrons. The van der Waals surface area contributed by atoms with Gasteiger partial charge >= 0.3 is 0 Å². The van der Waals surface area contributed by atoms with Crippen molar-refractivity contribution in [3.8, 4) is 5.75 Å². The summed E-state index contributed by atoms with van der Waals surface area (Å²) >= 11 is 0. The van der Waals surface area contributed by atoms with Crippen LogP contribution in [0.15, 0.2) is 36.4 Å². The molecule has 150 valence electrons. The zero-order valence-corrected chi connectivity index (χ0v) is 17.7. The maximum atomic E-state index is 13.0. The van der Waals surface area contributed by atoms with Crippen molar-refractivity contribution in [1.82, 2.24) is 5.32 Å². The normalized spacial score (nSPS) is 15.4. The number of ether oxygens (including phenoxy) is 1. The van der Waals surface area contributed by atoms with Crippen LogP contribution in [0.1, 0.15) is 73.4 Å². The van der Waals surface area contributed by atoms with Gasteiger partial charge in [0.1, 0.15) is 5.75 Å². The average Bonchev–Trinajstić information content (AvgIpc) is 2.72. The molecule has 0 spiro atoms. The van der Waals surface area contributed by atoms with Crippen LogP contribution in [0.5, 0.6) is 5.75 Å². The van der Waals surface area contributed by atoms with Crippen LogP contribution >= 0.6 is 0 Å². The number of nitrogens with one attached hydrogen (secondary N) is 1. The van der Waals surface area contributed by atoms with E-state index in [2.05, 4.69) is 36.5 Å². The van der Waals surface area contributed by atoms with Crippen LogP contribution in [0, 0.1) is 13.8 Å². The molecule has 0 aliphatic heterocycles. The highest BCUT2D eigenvalue weighted by Gasteiger charge is 2.23. The van der Waals surface area contributed by atoms with E-state index in [9.17, 15) is 4.79 Å². The molecule has 0 fully saturated rings. The zero-order chi connectivity index (χ0) is 20.1. The molecule has 0 saturated heterocycles. The molecule has 0 aromatic heterocycles. The topological polar surface area (TPSA) is 38.3 Å². The second-order valence-corrected chi connectivity index (χ2v) is 7.99. The third-order valence-electron chi connectivity index (χ3n) is 5.78. The van der Waals surface area contributed by atoms with Crippen LogP contribution in [0.2, 0.25) is 0 Å². The van der Waals surface area contributed by atoms with Gasteiger partial charge in [0.2, 0.25) is 0 Å². The molecule has 2 unspecified atom stereocenters. The van der Waals surface area contributed by atoms with E-state index in [1.54, 1.807) is 0 Å². The van der Waals surface area contributed by atoms with Gasteiger partial charge in [0, 0.05) is 0 Å². The zero-order valence-electron chi connectivity index (χ0n) is 17.7. The van der Waals surface area contributed by atoms with Gasteiger partial charge in [0.15, 0.2) is 6.10 Å². The summed E-state index contributed by atoms with van der Waals surface area (Å²) in [4.78, 5) is 13.0. The lowest BCUT2D eigenvalue weighted by Crippen LogP contribution is -2.40. The number of fused-ring (bicyclic) bond motifs is 1. The number of aryl methyl sites for hydroxylation is 4. The first-order valence-electron chi connectivity index (χ1n) is 10.7. The molecule has 3 heteroatoms. The first-order chi connectivity index (χ1) is 13.5. The van der Waals surface area contributed by atoms with Crippen LogP contribution in [0.4, 0.5) is 0 Å². The number of carbonyl (C=O) groups excluding carboxylic acids is 1. The van der Waals surface area contributed by atoms with E-state index in [1.165, 1.54) is 36.0 Å². The first kappa shape index (κ1) is 20.4. The second kappa shape index (κ2) is 9.27. The maximum Gasteiger partial charge on any atom is 0.261 e. The lowest BCUT2D eigenvalue weighted by molar-refractivity contribution is -0.129. The second-order valence-electron chi connectivity index (χ2n) is 7.99. The smallest absolute Gasteiger partial charge is 0.261 e. The van der Waals surface area contributed by atoms with E-state index in [0.717, 1.165) is 29.7 Å². The Bertz CT molecular complexity index is 827. The van der Waals surface area contributed by atoms with Gasteiger partial charge in [-0.2, -0.15) is 0 Å². The minimum Gasteiger partial charge on any atom is -0.480 e. The highest BCUT2D eigenvalue weighted by atomic mass is 16.5. The third kappa shape index (κ3) is 4.76. The largest absolute Gasteiger partial charge is 0.480 e. The summed E-state index contributed by atoms with van der Waals surface area (Å²) in [5, 5.41) is 3.23. The Kier molecular flexibility index (Phi) is 6.77. The Hall–Kier alpha value is -2.29. The number of amides is 1. The standard InChI is InChI=1S/C25H33NO2/c1-5-22(21-14-13-19-9-7-8-10-20(19)16-21)26-25(27)23(6-2)28-24-15-17(3)11-12-18(24)4/h11-16,22-23H,5-10H2,1-4H3,(H,26,27).